The number of rotatable bonds is 7. The summed E-state index contributed by atoms with van der Waals surface area (Å²) in [7, 11) is -3.38. The summed E-state index contributed by atoms with van der Waals surface area (Å²) in [5, 5.41) is 8.97. The highest BCUT2D eigenvalue weighted by Gasteiger charge is 2.20. The van der Waals surface area contributed by atoms with Gasteiger partial charge in [-0.2, -0.15) is 0 Å². The Labute approximate surface area is 115 Å². The van der Waals surface area contributed by atoms with E-state index >= 15 is 0 Å². The van der Waals surface area contributed by atoms with Crippen molar-refractivity contribution in [2.24, 2.45) is 5.92 Å². The van der Waals surface area contributed by atoms with E-state index in [9.17, 15) is 8.42 Å². The van der Waals surface area contributed by atoms with E-state index in [4.69, 9.17) is 5.11 Å². The second-order valence-corrected chi connectivity index (χ2v) is 6.98. The number of benzene rings is 1. The van der Waals surface area contributed by atoms with Crippen LogP contribution >= 0.6 is 0 Å². The van der Waals surface area contributed by atoms with Crippen LogP contribution in [0.25, 0.3) is 0 Å². The molecule has 0 aliphatic carbocycles. The summed E-state index contributed by atoms with van der Waals surface area (Å²) in [6.07, 6.45) is 0.435. The van der Waals surface area contributed by atoms with Crippen LogP contribution in [-0.4, -0.2) is 26.2 Å². The zero-order valence-corrected chi connectivity index (χ0v) is 12.6. The molecule has 0 heterocycles. The third-order valence-electron chi connectivity index (χ3n) is 3.01. The Morgan fingerprint density at radius 2 is 2.00 bits per heavy atom. The monoisotopic (exact) mass is 285 g/mol. The third kappa shape index (κ3) is 5.72. The van der Waals surface area contributed by atoms with Crippen molar-refractivity contribution in [3.63, 3.8) is 0 Å². The van der Waals surface area contributed by atoms with Crippen LogP contribution in [0.4, 0.5) is 0 Å². The van der Waals surface area contributed by atoms with Crippen LogP contribution in [0.15, 0.2) is 24.3 Å². The molecule has 1 aromatic carbocycles. The molecule has 108 valence electrons. The molecule has 0 bridgehead atoms. The molecule has 0 saturated heterocycles. The van der Waals surface area contributed by atoms with Crippen molar-refractivity contribution in [3.8, 4) is 0 Å². The molecule has 0 aromatic heterocycles. The van der Waals surface area contributed by atoms with Gasteiger partial charge >= 0.3 is 0 Å². The smallest absolute Gasteiger partial charge is 0.216 e. The molecule has 0 radical (unpaired) electrons. The average Bonchev–Trinajstić information content (AvgIpc) is 2.27. The van der Waals surface area contributed by atoms with Crippen molar-refractivity contribution in [1.82, 2.24) is 4.72 Å². The standard InChI is InChI=1S/C14H23NO3S/c1-11(2)14(7-8-16)15-19(17,18)10-13-6-4-5-12(3)9-13/h4-6,9,11,14-16H,7-8,10H2,1-3H3. The number of aryl methyl sites for hydroxylation is 1. The maximum atomic E-state index is 12.1. The minimum absolute atomic E-state index is 0.0180. The van der Waals surface area contributed by atoms with E-state index < -0.39 is 10.0 Å². The Morgan fingerprint density at radius 1 is 1.32 bits per heavy atom. The van der Waals surface area contributed by atoms with Gasteiger partial charge in [0, 0.05) is 12.6 Å². The summed E-state index contributed by atoms with van der Waals surface area (Å²) < 4.78 is 26.9. The van der Waals surface area contributed by atoms with E-state index in [1.807, 2.05) is 45.0 Å². The van der Waals surface area contributed by atoms with Crippen molar-refractivity contribution >= 4 is 10.0 Å². The molecule has 1 aromatic rings. The van der Waals surface area contributed by atoms with Crippen LogP contribution in [0.2, 0.25) is 0 Å². The topological polar surface area (TPSA) is 66.4 Å². The Morgan fingerprint density at radius 3 is 2.53 bits per heavy atom. The normalized spacial score (nSPS) is 13.7. The number of aliphatic hydroxyl groups is 1. The molecule has 0 saturated carbocycles. The lowest BCUT2D eigenvalue weighted by molar-refractivity contribution is 0.256. The van der Waals surface area contributed by atoms with E-state index in [0.29, 0.717) is 6.42 Å². The number of nitrogens with one attached hydrogen (secondary N) is 1. The largest absolute Gasteiger partial charge is 0.396 e. The first-order chi connectivity index (χ1) is 8.84. The third-order valence-corrected chi connectivity index (χ3v) is 4.39. The van der Waals surface area contributed by atoms with Gasteiger partial charge in [-0.1, -0.05) is 43.7 Å². The number of hydrogen-bond donors (Lipinski definition) is 2. The van der Waals surface area contributed by atoms with Crippen molar-refractivity contribution in [2.75, 3.05) is 6.61 Å². The van der Waals surface area contributed by atoms with Crippen molar-refractivity contribution < 1.29 is 13.5 Å². The molecule has 0 amide bonds. The Hall–Kier alpha value is -0.910. The molecule has 0 aliphatic heterocycles. The first kappa shape index (κ1) is 16.1. The predicted molar refractivity (Wildman–Crippen MR) is 77.3 cm³/mol. The number of hydrogen-bond acceptors (Lipinski definition) is 3. The fourth-order valence-corrected chi connectivity index (χ4v) is 3.51. The highest BCUT2D eigenvalue weighted by atomic mass is 32.2. The van der Waals surface area contributed by atoms with Gasteiger partial charge in [-0.25, -0.2) is 13.1 Å². The molecule has 0 spiro atoms. The van der Waals surface area contributed by atoms with Gasteiger partial charge in [0.2, 0.25) is 10.0 Å². The van der Waals surface area contributed by atoms with E-state index in [-0.39, 0.29) is 24.3 Å². The lowest BCUT2D eigenvalue weighted by Crippen LogP contribution is -2.39. The van der Waals surface area contributed by atoms with Gasteiger partial charge in [-0.05, 0) is 24.8 Å². The van der Waals surface area contributed by atoms with Crippen molar-refractivity contribution in [1.29, 1.82) is 0 Å². The maximum Gasteiger partial charge on any atom is 0.216 e. The number of aliphatic hydroxyl groups excluding tert-OH is 1. The van der Waals surface area contributed by atoms with Crippen molar-refractivity contribution in [3.05, 3.63) is 35.4 Å². The molecule has 2 N–H and O–H groups in total. The molecule has 0 fully saturated rings. The van der Waals surface area contributed by atoms with Gasteiger partial charge in [-0.3, -0.25) is 0 Å². The molecular formula is C14H23NO3S. The van der Waals surface area contributed by atoms with Crippen LogP contribution in [0, 0.1) is 12.8 Å². The molecule has 1 unspecified atom stereocenters. The van der Waals surface area contributed by atoms with Crippen LogP contribution < -0.4 is 4.72 Å². The lowest BCUT2D eigenvalue weighted by Gasteiger charge is -2.21. The summed E-state index contributed by atoms with van der Waals surface area (Å²) in [4.78, 5) is 0. The van der Waals surface area contributed by atoms with E-state index in [2.05, 4.69) is 4.72 Å². The Balaban J connectivity index is 2.75. The quantitative estimate of drug-likeness (QED) is 0.803. The van der Waals surface area contributed by atoms with Gasteiger partial charge < -0.3 is 5.11 Å². The van der Waals surface area contributed by atoms with Crippen LogP contribution in [-0.2, 0) is 15.8 Å². The highest BCUT2D eigenvalue weighted by Crippen LogP contribution is 2.11. The summed E-state index contributed by atoms with van der Waals surface area (Å²) in [6, 6.07) is 7.25. The van der Waals surface area contributed by atoms with E-state index in [1.54, 1.807) is 0 Å². The SMILES string of the molecule is Cc1cccc(CS(=O)(=O)NC(CCO)C(C)C)c1. The Kier molecular flexibility index (Phi) is 5.97. The molecular weight excluding hydrogens is 262 g/mol. The van der Waals surface area contributed by atoms with Crippen LogP contribution in [0.5, 0.6) is 0 Å². The summed E-state index contributed by atoms with van der Waals surface area (Å²) in [6.45, 7) is 5.80. The minimum atomic E-state index is -3.38. The fourth-order valence-electron chi connectivity index (χ4n) is 1.96. The van der Waals surface area contributed by atoms with Crippen LogP contribution in [0.3, 0.4) is 0 Å². The number of sulfonamides is 1. The summed E-state index contributed by atoms with van der Waals surface area (Å²) in [5.74, 6) is 0.128. The molecule has 1 rings (SSSR count). The van der Waals surface area contributed by atoms with Gasteiger partial charge in [0.1, 0.15) is 0 Å². The Bertz CT molecular complexity index is 497. The highest BCUT2D eigenvalue weighted by molar-refractivity contribution is 7.88. The molecule has 19 heavy (non-hydrogen) atoms. The average molecular weight is 285 g/mol. The molecule has 5 heteroatoms. The zero-order chi connectivity index (χ0) is 14.5. The molecule has 1 atom stereocenters. The maximum absolute atomic E-state index is 12.1. The second-order valence-electron chi connectivity index (χ2n) is 5.23. The minimum Gasteiger partial charge on any atom is -0.396 e. The fraction of sp³-hybridized carbons (Fsp3) is 0.571. The van der Waals surface area contributed by atoms with E-state index in [0.717, 1.165) is 11.1 Å². The first-order valence-electron chi connectivity index (χ1n) is 6.50. The van der Waals surface area contributed by atoms with Gasteiger partial charge in [0.15, 0.2) is 0 Å². The first-order valence-corrected chi connectivity index (χ1v) is 8.15. The molecule has 0 aliphatic rings. The van der Waals surface area contributed by atoms with Gasteiger partial charge in [0.05, 0.1) is 5.75 Å². The predicted octanol–water partition coefficient (Wildman–Crippen LogP) is 1.82. The van der Waals surface area contributed by atoms with Crippen molar-refractivity contribution in [2.45, 2.75) is 39.0 Å². The van der Waals surface area contributed by atoms with E-state index in [1.165, 1.54) is 0 Å². The second kappa shape index (κ2) is 7.03. The summed E-state index contributed by atoms with van der Waals surface area (Å²) in [5.41, 5.74) is 1.82. The lowest BCUT2D eigenvalue weighted by atomic mass is 10.0. The molecule has 4 nitrogen and oxygen atoms in total. The summed E-state index contributed by atoms with van der Waals surface area (Å²) >= 11 is 0. The van der Waals surface area contributed by atoms with Gasteiger partial charge in [-0.15, -0.1) is 0 Å². The van der Waals surface area contributed by atoms with Crippen LogP contribution in [0.1, 0.15) is 31.4 Å². The van der Waals surface area contributed by atoms with Gasteiger partial charge in [0.25, 0.3) is 0 Å². The zero-order valence-electron chi connectivity index (χ0n) is 11.8.